The zero-order valence-corrected chi connectivity index (χ0v) is 8.80. The highest BCUT2D eigenvalue weighted by molar-refractivity contribution is 7.22. The summed E-state index contributed by atoms with van der Waals surface area (Å²) in [6.07, 6.45) is 0. The number of urea groups is 1. The number of aromatic nitrogens is 1. The van der Waals surface area contributed by atoms with E-state index in [0.717, 1.165) is 16.0 Å². The van der Waals surface area contributed by atoms with Gasteiger partial charge in [0.1, 0.15) is 5.75 Å². The van der Waals surface area contributed by atoms with E-state index in [1.165, 1.54) is 11.3 Å². The van der Waals surface area contributed by atoms with Crippen molar-refractivity contribution in [2.75, 3.05) is 12.4 Å². The Bertz CT molecular complexity index is 509. The van der Waals surface area contributed by atoms with E-state index < -0.39 is 6.03 Å². The second-order valence-corrected chi connectivity index (χ2v) is 3.87. The van der Waals surface area contributed by atoms with Crippen LogP contribution in [0, 0.1) is 0 Å². The average Bonchev–Trinajstić information content (AvgIpc) is 2.57. The predicted molar refractivity (Wildman–Crippen MR) is 59.4 cm³/mol. The van der Waals surface area contributed by atoms with E-state index in [4.69, 9.17) is 10.5 Å². The molecule has 0 fully saturated rings. The minimum absolute atomic E-state index is 0.491. The molecule has 6 heteroatoms. The SMILES string of the molecule is COc1ccc2nc(NC(N)=O)sc2c1. The van der Waals surface area contributed by atoms with Gasteiger partial charge in [0.25, 0.3) is 0 Å². The maximum atomic E-state index is 10.6. The van der Waals surface area contributed by atoms with Gasteiger partial charge >= 0.3 is 6.03 Å². The summed E-state index contributed by atoms with van der Waals surface area (Å²) in [5, 5.41) is 2.93. The fraction of sp³-hybridized carbons (Fsp3) is 0.111. The Morgan fingerprint density at radius 3 is 3.07 bits per heavy atom. The summed E-state index contributed by atoms with van der Waals surface area (Å²) < 4.78 is 6.02. The highest BCUT2D eigenvalue weighted by Gasteiger charge is 2.05. The first kappa shape index (κ1) is 9.72. The quantitative estimate of drug-likeness (QED) is 0.814. The molecule has 0 bridgehead atoms. The number of hydrogen-bond donors (Lipinski definition) is 2. The molecule has 1 aromatic carbocycles. The number of hydrogen-bond acceptors (Lipinski definition) is 4. The molecule has 5 nitrogen and oxygen atoms in total. The maximum Gasteiger partial charge on any atom is 0.318 e. The average molecular weight is 223 g/mol. The number of methoxy groups -OCH3 is 1. The van der Waals surface area contributed by atoms with Crippen molar-refractivity contribution in [1.82, 2.24) is 4.98 Å². The zero-order chi connectivity index (χ0) is 10.8. The molecule has 1 aromatic heterocycles. The molecule has 0 aliphatic heterocycles. The van der Waals surface area contributed by atoms with Crippen LogP contribution in [0.3, 0.4) is 0 Å². The lowest BCUT2D eigenvalue weighted by Crippen LogP contribution is -2.18. The minimum Gasteiger partial charge on any atom is -0.497 e. The second-order valence-electron chi connectivity index (χ2n) is 2.84. The van der Waals surface area contributed by atoms with Gasteiger partial charge in [-0.1, -0.05) is 11.3 Å². The molecule has 0 unspecified atom stereocenters. The minimum atomic E-state index is -0.610. The van der Waals surface area contributed by atoms with E-state index in [2.05, 4.69) is 10.3 Å². The fourth-order valence-electron chi connectivity index (χ4n) is 1.19. The van der Waals surface area contributed by atoms with Crippen molar-refractivity contribution in [3.8, 4) is 5.75 Å². The van der Waals surface area contributed by atoms with Crippen molar-refractivity contribution in [2.45, 2.75) is 0 Å². The Balaban J connectivity index is 2.42. The van der Waals surface area contributed by atoms with Gasteiger partial charge in [0.05, 0.1) is 17.3 Å². The Labute approximate surface area is 89.9 Å². The summed E-state index contributed by atoms with van der Waals surface area (Å²) in [5.74, 6) is 0.761. The van der Waals surface area contributed by atoms with E-state index in [1.807, 2.05) is 18.2 Å². The van der Waals surface area contributed by atoms with Crippen molar-refractivity contribution in [2.24, 2.45) is 5.73 Å². The molecular formula is C9H9N3O2S. The molecule has 2 amide bonds. The van der Waals surface area contributed by atoms with Crippen molar-refractivity contribution in [1.29, 1.82) is 0 Å². The van der Waals surface area contributed by atoms with E-state index in [9.17, 15) is 4.79 Å². The molecule has 0 spiro atoms. The summed E-state index contributed by atoms with van der Waals surface area (Å²) in [5.41, 5.74) is 5.80. The molecule has 0 saturated heterocycles. The van der Waals surface area contributed by atoms with Crippen molar-refractivity contribution < 1.29 is 9.53 Å². The van der Waals surface area contributed by atoms with Gasteiger partial charge in [-0.3, -0.25) is 5.32 Å². The van der Waals surface area contributed by atoms with Crippen LogP contribution >= 0.6 is 11.3 Å². The fourth-order valence-corrected chi connectivity index (χ4v) is 2.09. The summed E-state index contributed by atoms with van der Waals surface area (Å²) >= 11 is 1.35. The Morgan fingerprint density at radius 1 is 1.60 bits per heavy atom. The number of anilines is 1. The molecular weight excluding hydrogens is 214 g/mol. The van der Waals surface area contributed by atoms with Crippen LogP contribution in [-0.4, -0.2) is 18.1 Å². The summed E-state index contributed by atoms with van der Waals surface area (Å²) in [4.78, 5) is 14.8. The predicted octanol–water partition coefficient (Wildman–Crippen LogP) is 1.80. The molecule has 0 aliphatic carbocycles. The summed E-state index contributed by atoms with van der Waals surface area (Å²) in [6.45, 7) is 0. The Morgan fingerprint density at radius 2 is 2.40 bits per heavy atom. The molecule has 0 saturated carbocycles. The first-order chi connectivity index (χ1) is 7.19. The largest absolute Gasteiger partial charge is 0.497 e. The number of benzene rings is 1. The molecule has 0 radical (unpaired) electrons. The molecule has 2 rings (SSSR count). The van der Waals surface area contributed by atoms with Crippen LogP contribution in [0.2, 0.25) is 0 Å². The molecule has 2 aromatic rings. The first-order valence-corrected chi connectivity index (χ1v) is 5.02. The third-order valence-electron chi connectivity index (χ3n) is 1.83. The maximum absolute atomic E-state index is 10.6. The van der Waals surface area contributed by atoms with E-state index in [0.29, 0.717) is 5.13 Å². The van der Waals surface area contributed by atoms with Crippen LogP contribution in [0.25, 0.3) is 10.2 Å². The molecule has 1 heterocycles. The third-order valence-corrected chi connectivity index (χ3v) is 2.76. The van der Waals surface area contributed by atoms with Crippen LogP contribution < -0.4 is 15.8 Å². The lowest BCUT2D eigenvalue weighted by molar-refractivity contribution is 0.259. The highest BCUT2D eigenvalue weighted by Crippen LogP contribution is 2.28. The normalized spacial score (nSPS) is 10.2. The number of nitrogens with zero attached hydrogens (tertiary/aromatic N) is 1. The van der Waals surface area contributed by atoms with Crippen LogP contribution in [0.5, 0.6) is 5.75 Å². The van der Waals surface area contributed by atoms with Gasteiger partial charge in [0, 0.05) is 0 Å². The molecule has 0 atom stereocenters. The Kier molecular flexibility index (Phi) is 2.42. The number of primary amides is 1. The van der Waals surface area contributed by atoms with E-state index in [1.54, 1.807) is 7.11 Å². The van der Waals surface area contributed by atoms with E-state index in [-0.39, 0.29) is 0 Å². The van der Waals surface area contributed by atoms with Crippen LogP contribution in [0.15, 0.2) is 18.2 Å². The topological polar surface area (TPSA) is 77.2 Å². The van der Waals surface area contributed by atoms with Gasteiger partial charge in [0.2, 0.25) is 0 Å². The summed E-state index contributed by atoms with van der Waals surface area (Å²) in [6, 6.07) is 4.90. The molecule has 3 N–H and O–H groups in total. The lowest BCUT2D eigenvalue weighted by atomic mass is 10.3. The van der Waals surface area contributed by atoms with Gasteiger partial charge in [-0.15, -0.1) is 0 Å². The van der Waals surface area contributed by atoms with Gasteiger partial charge in [-0.25, -0.2) is 9.78 Å². The van der Waals surface area contributed by atoms with E-state index >= 15 is 0 Å². The number of nitrogens with two attached hydrogens (primary N) is 1. The van der Waals surface area contributed by atoms with Crippen molar-refractivity contribution in [3.63, 3.8) is 0 Å². The van der Waals surface area contributed by atoms with Crippen molar-refractivity contribution in [3.05, 3.63) is 18.2 Å². The standard InChI is InChI=1S/C9H9N3O2S/c1-14-5-2-3-6-7(4-5)15-9(11-6)12-8(10)13/h2-4H,1H3,(H3,10,11,12,13). The number of carbonyl (C=O) groups is 1. The van der Waals surface area contributed by atoms with Gasteiger partial charge in [-0.2, -0.15) is 0 Å². The van der Waals surface area contributed by atoms with Crippen LogP contribution in [0.1, 0.15) is 0 Å². The van der Waals surface area contributed by atoms with Gasteiger partial charge in [-0.05, 0) is 18.2 Å². The number of rotatable bonds is 2. The zero-order valence-electron chi connectivity index (χ0n) is 7.98. The Hall–Kier alpha value is -1.82. The smallest absolute Gasteiger partial charge is 0.318 e. The molecule has 15 heavy (non-hydrogen) atoms. The third kappa shape index (κ3) is 1.99. The van der Waals surface area contributed by atoms with Gasteiger partial charge < -0.3 is 10.5 Å². The first-order valence-electron chi connectivity index (χ1n) is 4.20. The molecule has 78 valence electrons. The number of amides is 2. The van der Waals surface area contributed by atoms with Crippen LogP contribution in [0.4, 0.5) is 9.93 Å². The number of ether oxygens (including phenoxy) is 1. The monoisotopic (exact) mass is 223 g/mol. The highest BCUT2D eigenvalue weighted by atomic mass is 32.1. The second kappa shape index (κ2) is 3.74. The van der Waals surface area contributed by atoms with Crippen LogP contribution in [-0.2, 0) is 0 Å². The summed E-state index contributed by atoms with van der Waals surface area (Å²) in [7, 11) is 1.60. The number of carbonyl (C=O) groups excluding carboxylic acids is 1. The number of thiazole rings is 1. The molecule has 0 aliphatic rings. The number of nitrogens with one attached hydrogen (secondary N) is 1. The van der Waals surface area contributed by atoms with Crippen molar-refractivity contribution >= 4 is 32.7 Å². The number of fused-ring (bicyclic) bond motifs is 1. The lowest BCUT2D eigenvalue weighted by Gasteiger charge is -1.96. The van der Waals surface area contributed by atoms with Gasteiger partial charge in [0.15, 0.2) is 5.13 Å².